The molecule has 0 fully saturated rings. The number of alkyl halides is 3. The topological polar surface area (TPSA) is 66.5 Å². The van der Waals surface area contributed by atoms with E-state index in [4.69, 9.17) is 11.6 Å². The third-order valence-electron chi connectivity index (χ3n) is 4.80. The summed E-state index contributed by atoms with van der Waals surface area (Å²) in [5.74, 6) is -0.647. The molecular formula is C21H24ClF3N2O3S. The number of sulfonamides is 1. The van der Waals surface area contributed by atoms with Gasteiger partial charge in [-0.2, -0.15) is 13.2 Å². The molecule has 0 unspecified atom stereocenters. The Morgan fingerprint density at radius 2 is 1.68 bits per heavy atom. The quantitative estimate of drug-likeness (QED) is 0.599. The van der Waals surface area contributed by atoms with E-state index < -0.39 is 44.8 Å². The maximum atomic E-state index is 13.4. The first-order chi connectivity index (χ1) is 14.2. The molecule has 2 aromatic carbocycles. The molecule has 1 N–H and O–H groups in total. The van der Waals surface area contributed by atoms with Crippen LogP contribution in [0, 0.1) is 6.92 Å². The van der Waals surface area contributed by atoms with E-state index >= 15 is 0 Å². The molecule has 31 heavy (non-hydrogen) atoms. The first-order valence-electron chi connectivity index (χ1n) is 9.44. The van der Waals surface area contributed by atoms with Gasteiger partial charge in [0.05, 0.1) is 21.2 Å². The second-order valence-corrected chi connectivity index (χ2v) is 10.0. The first-order valence-corrected chi connectivity index (χ1v) is 11.3. The predicted octanol–water partition coefficient (Wildman–Crippen LogP) is 5.17. The lowest BCUT2D eigenvalue weighted by Crippen LogP contribution is -2.48. The Morgan fingerprint density at radius 1 is 1.10 bits per heavy atom. The number of nitrogens with one attached hydrogen (secondary N) is 1. The molecule has 0 aliphatic carbocycles. The summed E-state index contributed by atoms with van der Waals surface area (Å²) in [6.07, 6.45) is -4.22. The van der Waals surface area contributed by atoms with Crippen LogP contribution in [0.3, 0.4) is 0 Å². The van der Waals surface area contributed by atoms with E-state index in [0.717, 1.165) is 17.7 Å². The van der Waals surface area contributed by atoms with Gasteiger partial charge in [0.2, 0.25) is 5.91 Å². The third kappa shape index (κ3) is 6.13. The minimum absolute atomic E-state index is 0.149. The zero-order valence-corrected chi connectivity index (χ0v) is 19.1. The molecule has 170 valence electrons. The monoisotopic (exact) mass is 476 g/mol. The Kier molecular flexibility index (Phi) is 7.32. The van der Waals surface area contributed by atoms with Gasteiger partial charge in [-0.1, -0.05) is 36.2 Å². The Morgan fingerprint density at radius 3 is 2.19 bits per heavy atom. The van der Waals surface area contributed by atoms with Crippen molar-refractivity contribution in [2.24, 2.45) is 0 Å². The lowest BCUT2D eigenvalue weighted by molar-refractivity contribution is -0.137. The number of anilines is 1. The van der Waals surface area contributed by atoms with E-state index in [9.17, 15) is 26.4 Å². The van der Waals surface area contributed by atoms with E-state index in [1.54, 1.807) is 32.9 Å². The van der Waals surface area contributed by atoms with Crippen molar-refractivity contribution in [2.75, 3.05) is 10.8 Å². The number of carbonyl (C=O) groups is 1. The number of nitrogens with zero attached hydrogens (tertiary/aromatic N) is 1. The molecule has 2 rings (SSSR count). The van der Waals surface area contributed by atoms with Crippen LogP contribution in [0.1, 0.15) is 38.3 Å². The predicted molar refractivity (Wildman–Crippen MR) is 115 cm³/mol. The second-order valence-electron chi connectivity index (χ2n) is 7.77. The van der Waals surface area contributed by atoms with Crippen LogP contribution in [0.2, 0.25) is 5.02 Å². The number of hydrogen-bond donors (Lipinski definition) is 1. The van der Waals surface area contributed by atoms with Gasteiger partial charge in [0.25, 0.3) is 10.0 Å². The standard InChI is InChI=1S/C21H24ClF3N2O3S/c1-5-20(3,4)26-19(28)13-27(31(29,30)16-9-6-14(2)7-10-16)15-8-11-18(22)17(12-15)21(23,24)25/h6-12H,5,13H2,1-4H3,(H,26,28). The van der Waals surface area contributed by atoms with Crippen molar-refractivity contribution < 1.29 is 26.4 Å². The molecule has 0 spiro atoms. The zero-order valence-electron chi connectivity index (χ0n) is 17.5. The molecule has 0 atom stereocenters. The van der Waals surface area contributed by atoms with Crippen LogP contribution in [-0.4, -0.2) is 26.4 Å². The number of carbonyl (C=O) groups excluding carboxylic acids is 1. The Labute approximate surface area is 185 Å². The van der Waals surface area contributed by atoms with Gasteiger partial charge < -0.3 is 5.32 Å². The van der Waals surface area contributed by atoms with Gasteiger partial charge >= 0.3 is 6.18 Å². The Hall–Kier alpha value is -2.26. The van der Waals surface area contributed by atoms with Gasteiger partial charge in [0.15, 0.2) is 0 Å². The molecule has 10 heteroatoms. The lowest BCUT2D eigenvalue weighted by atomic mass is 10.0. The molecule has 2 aromatic rings. The Balaban J connectivity index is 2.58. The molecule has 5 nitrogen and oxygen atoms in total. The summed E-state index contributed by atoms with van der Waals surface area (Å²) in [7, 11) is -4.34. The Bertz CT molecular complexity index is 1050. The molecule has 0 saturated heterocycles. The zero-order chi connectivity index (χ0) is 23.6. The van der Waals surface area contributed by atoms with Crippen molar-refractivity contribution in [1.29, 1.82) is 0 Å². The number of halogens is 4. The first kappa shape index (κ1) is 25.0. The fourth-order valence-corrected chi connectivity index (χ4v) is 4.31. The largest absolute Gasteiger partial charge is 0.417 e. The van der Waals surface area contributed by atoms with E-state index in [1.807, 2.05) is 6.92 Å². The van der Waals surface area contributed by atoms with Crippen LogP contribution in [0.25, 0.3) is 0 Å². The van der Waals surface area contributed by atoms with Crippen LogP contribution >= 0.6 is 11.6 Å². The normalized spacial score (nSPS) is 12.5. The summed E-state index contributed by atoms with van der Waals surface area (Å²) in [5, 5.41) is 2.13. The van der Waals surface area contributed by atoms with Gasteiger partial charge in [-0.15, -0.1) is 0 Å². The summed E-state index contributed by atoms with van der Waals surface area (Å²) < 4.78 is 67.3. The van der Waals surface area contributed by atoms with Crippen molar-refractivity contribution in [3.63, 3.8) is 0 Å². The summed E-state index contributed by atoms with van der Waals surface area (Å²) >= 11 is 5.68. The summed E-state index contributed by atoms with van der Waals surface area (Å²) in [6.45, 7) is 6.43. The minimum atomic E-state index is -4.79. The number of hydrogen-bond acceptors (Lipinski definition) is 3. The smallest absolute Gasteiger partial charge is 0.350 e. The molecule has 1 amide bonds. The number of aryl methyl sites for hydroxylation is 1. The number of amides is 1. The fraction of sp³-hybridized carbons (Fsp3) is 0.381. The molecular weight excluding hydrogens is 453 g/mol. The average Bonchev–Trinajstić information content (AvgIpc) is 2.65. The SMILES string of the molecule is CCC(C)(C)NC(=O)CN(c1ccc(Cl)c(C(F)(F)F)c1)S(=O)(=O)c1ccc(C)cc1. The van der Waals surface area contributed by atoms with Crippen molar-refractivity contribution in [2.45, 2.75) is 50.7 Å². The van der Waals surface area contributed by atoms with Crippen molar-refractivity contribution in [3.05, 3.63) is 58.6 Å². The van der Waals surface area contributed by atoms with Crippen molar-refractivity contribution >= 4 is 33.2 Å². The van der Waals surface area contributed by atoms with Crippen LogP contribution in [0.4, 0.5) is 18.9 Å². The molecule has 0 aromatic heterocycles. The maximum Gasteiger partial charge on any atom is 0.417 e. The summed E-state index contributed by atoms with van der Waals surface area (Å²) in [5.41, 5.74) is -1.32. The van der Waals surface area contributed by atoms with E-state index in [-0.39, 0.29) is 10.6 Å². The molecule has 0 bridgehead atoms. The second kappa shape index (κ2) is 9.08. The highest BCUT2D eigenvalue weighted by atomic mass is 35.5. The van der Waals surface area contributed by atoms with E-state index in [0.29, 0.717) is 16.8 Å². The highest BCUT2D eigenvalue weighted by Crippen LogP contribution is 2.38. The molecule has 0 aliphatic heterocycles. The van der Waals surface area contributed by atoms with Gasteiger partial charge in [-0.3, -0.25) is 9.10 Å². The van der Waals surface area contributed by atoms with Crippen molar-refractivity contribution in [1.82, 2.24) is 5.32 Å². The average molecular weight is 477 g/mol. The fourth-order valence-electron chi connectivity index (χ4n) is 2.67. The maximum absolute atomic E-state index is 13.4. The summed E-state index contributed by atoms with van der Waals surface area (Å²) in [4.78, 5) is 12.5. The van der Waals surface area contributed by atoms with Gasteiger partial charge in [-0.25, -0.2) is 8.42 Å². The molecule has 0 radical (unpaired) electrons. The molecule has 0 aliphatic rings. The van der Waals surface area contributed by atoms with Crippen LogP contribution in [0.5, 0.6) is 0 Å². The van der Waals surface area contributed by atoms with Gasteiger partial charge in [0, 0.05) is 5.54 Å². The van der Waals surface area contributed by atoms with Crippen LogP contribution < -0.4 is 9.62 Å². The number of rotatable bonds is 7. The molecule has 0 heterocycles. The third-order valence-corrected chi connectivity index (χ3v) is 6.92. The lowest BCUT2D eigenvalue weighted by Gasteiger charge is -2.29. The van der Waals surface area contributed by atoms with Crippen LogP contribution in [-0.2, 0) is 21.0 Å². The van der Waals surface area contributed by atoms with Crippen LogP contribution in [0.15, 0.2) is 47.4 Å². The minimum Gasteiger partial charge on any atom is -0.350 e. The number of benzene rings is 2. The van der Waals surface area contributed by atoms with Crippen molar-refractivity contribution in [3.8, 4) is 0 Å². The highest BCUT2D eigenvalue weighted by molar-refractivity contribution is 7.92. The molecule has 0 saturated carbocycles. The van der Waals surface area contributed by atoms with E-state index in [2.05, 4.69) is 5.32 Å². The van der Waals surface area contributed by atoms with Gasteiger partial charge in [0.1, 0.15) is 6.54 Å². The van der Waals surface area contributed by atoms with E-state index in [1.165, 1.54) is 12.1 Å². The summed E-state index contributed by atoms with van der Waals surface area (Å²) in [6, 6.07) is 8.54. The highest BCUT2D eigenvalue weighted by Gasteiger charge is 2.36. The van der Waals surface area contributed by atoms with Gasteiger partial charge in [-0.05, 0) is 57.5 Å².